The Morgan fingerprint density at radius 1 is 1.33 bits per heavy atom. The van der Waals surface area contributed by atoms with Gasteiger partial charge < -0.3 is 9.67 Å². The van der Waals surface area contributed by atoms with Gasteiger partial charge in [0.2, 0.25) is 0 Å². The van der Waals surface area contributed by atoms with Crippen molar-refractivity contribution in [2.75, 3.05) is 0 Å². The number of hydrogen-bond acceptors (Lipinski definition) is 4. The fourth-order valence-corrected chi connectivity index (χ4v) is 4.66. The van der Waals surface area contributed by atoms with Crippen LogP contribution in [0.15, 0.2) is 11.2 Å². The number of sulfonamides is 1. The van der Waals surface area contributed by atoms with Gasteiger partial charge in [-0.25, -0.2) is 18.1 Å². The van der Waals surface area contributed by atoms with E-state index >= 15 is 0 Å². The Balaban J connectivity index is 1.68. The molecule has 0 aromatic carbocycles. The summed E-state index contributed by atoms with van der Waals surface area (Å²) in [5, 5.41) is 9.19. The molecule has 2 N–H and O–H groups in total. The van der Waals surface area contributed by atoms with Crippen LogP contribution in [-0.4, -0.2) is 35.1 Å². The van der Waals surface area contributed by atoms with Crippen LogP contribution in [-0.2, 0) is 27.8 Å². The van der Waals surface area contributed by atoms with E-state index in [1.807, 2.05) is 0 Å². The lowest BCUT2D eigenvalue weighted by Crippen LogP contribution is -2.39. The maximum atomic E-state index is 12.4. The SMILES string of the molecule is O=C(O)C1CCC(NS(=O)(=O)c2cnc3n2CCC3)CC1. The topological polar surface area (TPSA) is 101 Å². The summed E-state index contributed by atoms with van der Waals surface area (Å²) >= 11 is 0. The quantitative estimate of drug-likeness (QED) is 0.854. The van der Waals surface area contributed by atoms with Gasteiger partial charge in [-0.2, -0.15) is 0 Å². The number of nitrogens with one attached hydrogen (secondary N) is 1. The predicted octanol–water partition coefficient (Wildman–Crippen LogP) is 0.751. The second-order valence-corrected chi connectivity index (χ2v) is 7.44. The Hall–Kier alpha value is -1.41. The third-order valence-corrected chi connectivity index (χ3v) is 5.88. The summed E-state index contributed by atoms with van der Waals surface area (Å²) in [6.07, 6.45) is 5.34. The Morgan fingerprint density at radius 3 is 2.71 bits per heavy atom. The first-order chi connectivity index (χ1) is 9.97. The first-order valence-corrected chi connectivity index (χ1v) is 8.75. The number of aliphatic carboxylic acids is 1. The highest BCUT2D eigenvalue weighted by Crippen LogP contribution is 2.26. The van der Waals surface area contributed by atoms with Crippen molar-refractivity contribution < 1.29 is 18.3 Å². The summed E-state index contributed by atoms with van der Waals surface area (Å²) in [7, 11) is -3.58. The molecule has 21 heavy (non-hydrogen) atoms. The molecule has 1 aromatic rings. The van der Waals surface area contributed by atoms with Crippen LogP contribution >= 0.6 is 0 Å². The molecular weight excluding hydrogens is 294 g/mol. The molecular formula is C13H19N3O4S. The number of rotatable bonds is 4. The summed E-state index contributed by atoms with van der Waals surface area (Å²) in [5.74, 6) is -0.306. The van der Waals surface area contributed by atoms with E-state index in [9.17, 15) is 13.2 Å². The van der Waals surface area contributed by atoms with Crippen molar-refractivity contribution in [1.82, 2.24) is 14.3 Å². The molecule has 1 fully saturated rings. The minimum atomic E-state index is -3.58. The van der Waals surface area contributed by atoms with Crippen LogP contribution in [0.2, 0.25) is 0 Å². The number of nitrogens with zero attached hydrogens (tertiary/aromatic N) is 2. The van der Waals surface area contributed by atoms with Crippen molar-refractivity contribution >= 4 is 16.0 Å². The summed E-state index contributed by atoms with van der Waals surface area (Å²) < 4.78 is 29.4. The van der Waals surface area contributed by atoms with Crippen molar-refractivity contribution in [3.05, 3.63) is 12.0 Å². The van der Waals surface area contributed by atoms with Gasteiger partial charge in [-0.3, -0.25) is 4.79 Å². The van der Waals surface area contributed by atoms with E-state index in [2.05, 4.69) is 9.71 Å². The van der Waals surface area contributed by atoms with Crippen molar-refractivity contribution in [2.45, 2.75) is 56.1 Å². The monoisotopic (exact) mass is 313 g/mol. The number of hydrogen-bond donors (Lipinski definition) is 2. The largest absolute Gasteiger partial charge is 0.481 e. The van der Waals surface area contributed by atoms with Crippen LogP contribution in [0.5, 0.6) is 0 Å². The molecule has 2 heterocycles. The summed E-state index contributed by atoms with van der Waals surface area (Å²) in [6.45, 7) is 0.692. The molecule has 1 saturated carbocycles. The van der Waals surface area contributed by atoms with Crippen LogP contribution in [0.1, 0.15) is 37.9 Å². The summed E-state index contributed by atoms with van der Waals surface area (Å²) in [5.41, 5.74) is 0. The molecule has 0 radical (unpaired) electrons. The lowest BCUT2D eigenvalue weighted by Gasteiger charge is -2.26. The average molecular weight is 313 g/mol. The predicted molar refractivity (Wildman–Crippen MR) is 74.3 cm³/mol. The van der Waals surface area contributed by atoms with E-state index in [0.717, 1.165) is 18.7 Å². The Morgan fingerprint density at radius 2 is 2.05 bits per heavy atom. The zero-order valence-corrected chi connectivity index (χ0v) is 12.5. The highest BCUT2D eigenvalue weighted by atomic mass is 32.2. The van der Waals surface area contributed by atoms with Crippen molar-refractivity contribution in [2.24, 2.45) is 5.92 Å². The maximum absolute atomic E-state index is 12.4. The minimum absolute atomic E-state index is 0.182. The molecule has 7 nitrogen and oxygen atoms in total. The van der Waals surface area contributed by atoms with E-state index in [1.165, 1.54) is 6.20 Å². The Kier molecular flexibility index (Phi) is 3.75. The van der Waals surface area contributed by atoms with Gasteiger partial charge in [0.05, 0.1) is 12.1 Å². The van der Waals surface area contributed by atoms with Gasteiger partial charge in [0.15, 0.2) is 5.03 Å². The number of imidazole rings is 1. The number of carboxylic acids is 1. The number of carboxylic acid groups (broad SMARTS) is 1. The Bertz CT molecular complexity index is 644. The standard InChI is InChI=1S/C13H19N3O4S/c17-13(18)9-3-5-10(6-4-9)15-21(19,20)12-8-14-11-2-1-7-16(11)12/h8-10,15H,1-7H2,(H,17,18). The lowest BCUT2D eigenvalue weighted by atomic mass is 9.87. The molecule has 1 aliphatic carbocycles. The van der Waals surface area contributed by atoms with E-state index in [0.29, 0.717) is 32.2 Å². The number of carbonyl (C=O) groups is 1. The van der Waals surface area contributed by atoms with Gasteiger partial charge in [-0.05, 0) is 32.1 Å². The first-order valence-electron chi connectivity index (χ1n) is 7.27. The third kappa shape index (κ3) is 2.82. The van der Waals surface area contributed by atoms with Gasteiger partial charge in [0, 0.05) is 19.0 Å². The highest BCUT2D eigenvalue weighted by molar-refractivity contribution is 7.89. The lowest BCUT2D eigenvalue weighted by molar-refractivity contribution is -0.142. The van der Waals surface area contributed by atoms with Crippen LogP contribution < -0.4 is 4.72 Å². The first kappa shape index (κ1) is 14.5. The fraction of sp³-hybridized carbons (Fsp3) is 0.692. The number of aryl methyl sites for hydroxylation is 1. The van der Waals surface area contributed by atoms with Crippen molar-refractivity contribution in [1.29, 1.82) is 0 Å². The molecule has 8 heteroatoms. The van der Waals surface area contributed by atoms with Crippen LogP contribution in [0.4, 0.5) is 0 Å². The van der Waals surface area contributed by atoms with Crippen molar-refractivity contribution in [3.63, 3.8) is 0 Å². The van der Waals surface area contributed by atoms with E-state index in [4.69, 9.17) is 5.11 Å². The average Bonchev–Trinajstić information content (AvgIpc) is 3.00. The molecule has 2 aliphatic rings. The molecule has 3 rings (SSSR count). The molecule has 0 atom stereocenters. The van der Waals surface area contributed by atoms with Gasteiger partial charge in [0.25, 0.3) is 10.0 Å². The van der Waals surface area contributed by atoms with Crippen LogP contribution in [0.25, 0.3) is 0 Å². The highest BCUT2D eigenvalue weighted by Gasteiger charge is 2.31. The zero-order valence-electron chi connectivity index (χ0n) is 11.7. The molecule has 1 aromatic heterocycles. The third-order valence-electron chi connectivity index (χ3n) is 4.36. The van der Waals surface area contributed by atoms with Gasteiger partial charge >= 0.3 is 5.97 Å². The van der Waals surface area contributed by atoms with Gasteiger partial charge in [0.1, 0.15) is 5.82 Å². The van der Waals surface area contributed by atoms with E-state index < -0.39 is 16.0 Å². The minimum Gasteiger partial charge on any atom is -0.481 e. The zero-order chi connectivity index (χ0) is 15.0. The molecule has 0 saturated heterocycles. The smallest absolute Gasteiger partial charge is 0.306 e. The summed E-state index contributed by atoms with van der Waals surface area (Å²) in [6, 6.07) is -0.182. The molecule has 0 bridgehead atoms. The molecule has 116 valence electrons. The van der Waals surface area contributed by atoms with E-state index in [1.54, 1.807) is 4.57 Å². The molecule has 0 unspecified atom stereocenters. The van der Waals surface area contributed by atoms with Crippen LogP contribution in [0, 0.1) is 5.92 Å². The van der Waals surface area contributed by atoms with E-state index in [-0.39, 0.29) is 17.0 Å². The Labute approximate surface area is 123 Å². The van der Waals surface area contributed by atoms with Crippen molar-refractivity contribution in [3.8, 4) is 0 Å². The normalized spacial score (nSPS) is 25.7. The van der Waals surface area contributed by atoms with Crippen LogP contribution in [0.3, 0.4) is 0 Å². The summed E-state index contributed by atoms with van der Waals surface area (Å²) in [4.78, 5) is 15.1. The van der Waals surface area contributed by atoms with Gasteiger partial charge in [-0.15, -0.1) is 0 Å². The molecule has 1 aliphatic heterocycles. The van der Waals surface area contributed by atoms with Gasteiger partial charge in [-0.1, -0.05) is 0 Å². The second-order valence-electron chi connectivity index (χ2n) is 5.78. The number of aromatic nitrogens is 2. The number of fused-ring (bicyclic) bond motifs is 1. The second kappa shape index (κ2) is 5.42. The maximum Gasteiger partial charge on any atom is 0.306 e. The molecule has 0 spiro atoms. The molecule has 0 amide bonds. The fourth-order valence-electron chi connectivity index (χ4n) is 3.18.